The van der Waals surface area contributed by atoms with E-state index in [1.807, 2.05) is 44.2 Å². The zero-order chi connectivity index (χ0) is 26.3. The van der Waals surface area contributed by atoms with Gasteiger partial charge in [0.15, 0.2) is 0 Å². The number of nitrogens with zero attached hydrogens (tertiary/aromatic N) is 1. The molecular weight excluding hydrogens is 510 g/mol. The lowest BCUT2D eigenvalue weighted by atomic mass is 9.70. The Labute approximate surface area is 226 Å². The second-order valence-corrected chi connectivity index (χ2v) is 12.5. The third-order valence-corrected chi connectivity index (χ3v) is 10.3. The van der Waals surface area contributed by atoms with Crippen molar-refractivity contribution in [3.8, 4) is 0 Å². The molecule has 3 aliphatic heterocycles. The van der Waals surface area contributed by atoms with E-state index < -0.39 is 28.7 Å². The summed E-state index contributed by atoms with van der Waals surface area (Å²) in [5.74, 6) is -1.93. The average molecular weight is 542 g/mol. The van der Waals surface area contributed by atoms with E-state index in [-0.39, 0.29) is 35.5 Å². The minimum atomic E-state index is -0.817. The summed E-state index contributed by atoms with van der Waals surface area (Å²) in [7, 11) is 0. The van der Waals surface area contributed by atoms with E-state index in [0.29, 0.717) is 23.7 Å². The molecule has 3 heterocycles. The molecule has 3 aliphatic rings. The highest BCUT2D eigenvalue weighted by molar-refractivity contribution is 8.02. The zero-order valence-corrected chi connectivity index (χ0v) is 22.5. The van der Waals surface area contributed by atoms with Crippen LogP contribution in [0.2, 0.25) is 5.02 Å². The molecule has 2 bridgehead atoms. The number of hydrogen-bond donors (Lipinski definition) is 3. The number of nitrogens with one attached hydrogen (secondary N) is 2. The van der Waals surface area contributed by atoms with Crippen molar-refractivity contribution in [3.05, 3.63) is 65.2 Å². The molecule has 196 valence electrons. The number of fused-ring (bicyclic) bond motifs is 1. The van der Waals surface area contributed by atoms with Gasteiger partial charge < -0.3 is 20.6 Å². The molecule has 37 heavy (non-hydrogen) atoms. The number of likely N-dealkylation sites (tertiary alicyclic amines) is 1. The molecule has 5 rings (SSSR count). The SMILES string of the molecule is CC(C)[C@H](CO)N1C(=O)[C@@H]2[C@@H](C(=O)NCc3ccccc3)[C@H]3CCC2(S3)C1C(=O)Nc1ccccc1Cl. The molecule has 3 amide bonds. The largest absolute Gasteiger partial charge is 0.394 e. The summed E-state index contributed by atoms with van der Waals surface area (Å²) >= 11 is 7.93. The maximum atomic E-state index is 14.1. The summed E-state index contributed by atoms with van der Waals surface area (Å²) in [6, 6.07) is 15.3. The Kier molecular flexibility index (Phi) is 7.27. The van der Waals surface area contributed by atoms with Crippen LogP contribution in [0.15, 0.2) is 54.6 Å². The summed E-state index contributed by atoms with van der Waals surface area (Å²) in [4.78, 5) is 43.1. The molecule has 2 aromatic carbocycles. The van der Waals surface area contributed by atoms with Gasteiger partial charge in [0, 0.05) is 11.8 Å². The highest BCUT2D eigenvalue weighted by atomic mass is 35.5. The van der Waals surface area contributed by atoms with Crippen molar-refractivity contribution in [2.45, 2.75) is 55.3 Å². The van der Waals surface area contributed by atoms with Gasteiger partial charge in [0.25, 0.3) is 0 Å². The molecule has 6 atom stereocenters. The number of amides is 3. The number of thioether (sulfide) groups is 1. The molecule has 3 N–H and O–H groups in total. The lowest BCUT2D eigenvalue weighted by molar-refractivity contribution is -0.143. The topological polar surface area (TPSA) is 98.7 Å². The molecule has 0 radical (unpaired) electrons. The Hall–Kier alpha value is -2.55. The molecule has 0 aromatic heterocycles. The number of rotatable bonds is 8. The molecule has 7 nitrogen and oxygen atoms in total. The molecule has 1 spiro atoms. The zero-order valence-electron chi connectivity index (χ0n) is 20.9. The van der Waals surface area contributed by atoms with Crippen molar-refractivity contribution in [1.29, 1.82) is 0 Å². The van der Waals surface area contributed by atoms with Crippen LogP contribution in [0.5, 0.6) is 0 Å². The fourth-order valence-electron chi connectivity index (χ4n) is 6.33. The predicted octanol–water partition coefficient (Wildman–Crippen LogP) is 3.70. The van der Waals surface area contributed by atoms with Crippen molar-refractivity contribution in [3.63, 3.8) is 0 Å². The smallest absolute Gasteiger partial charge is 0.248 e. The lowest BCUT2D eigenvalue weighted by Gasteiger charge is -2.38. The van der Waals surface area contributed by atoms with Crippen LogP contribution in [0.1, 0.15) is 32.3 Å². The molecule has 0 saturated carbocycles. The molecular formula is C28H32ClN3O4S. The van der Waals surface area contributed by atoms with Gasteiger partial charge in [-0.1, -0.05) is 67.9 Å². The van der Waals surface area contributed by atoms with Gasteiger partial charge in [-0.15, -0.1) is 11.8 Å². The van der Waals surface area contributed by atoms with Crippen LogP contribution < -0.4 is 10.6 Å². The van der Waals surface area contributed by atoms with Crippen LogP contribution in [0.4, 0.5) is 5.69 Å². The van der Waals surface area contributed by atoms with Gasteiger partial charge >= 0.3 is 0 Å². The van der Waals surface area contributed by atoms with Crippen LogP contribution in [0.3, 0.4) is 0 Å². The Bertz CT molecular complexity index is 1190. The number of aliphatic hydroxyl groups excluding tert-OH is 1. The van der Waals surface area contributed by atoms with Crippen molar-refractivity contribution in [2.24, 2.45) is 17.8 Å². The van der Waals surface area contributed by atoms with Crippen LogP contribution in [0, 0.1) is 17.8 Å². The highest BCUT2D eigenvalue weighted by Crippen LogP contribution is 2.66. The Morgan fingerprint density at radius 3 is 2.51 bits per heavy atom. The van der Waals surface area contributed by atoms with Crippen LogP contribution in [-0.2, 0) is 20.9 Å². The van der Waals surface area contributed by atoms with Crippen molar-refractivity contribution in [1.82, 2.24) is 10.2 Å². The van der Waals surface area contributed by atoms with E-state index >= 15 is 0 Å². The van der Waals surface area contributed by atoms with Gasteiger partial charge in [-0.2, -0.15) is 0 Å². The van der Waals surface area contributed by atoms with Gasteiger partial charge in [0.1, 0.15) is 6.04 Å². The second kappa shape index (κ2) is 10.3. The number of anilines is 1. The summed E-state index contributed by atoms with van der Waals surface area (Å²) in [6.07, 6.45) is 1.42. The maximum Gasteiger partial charge on any atom is 0.248 e. The number of aliphatic hydroxyl groups is 1. The summed E-state index contributed by atoms with van der Waals surface area (Å²) in [5, 5.41) is 16.6. The first kappa shape index (κ1) is 26.1. The first-order valence-corrected chi connectivity index (χ1v) is 14.0. The maximum absolute atomic E-state index is 14.1. The van der Waals surface area contributed by atoms with Gasteiger partial charge in [0.05, 0.1) is 39.9 Å². The normalized spacial score (nSPS) is 28.9. The first-order valence-electron chi connectivity index (χ1n) is 12.8. The number of hydrogen-bond acceptors (Lipinski definition) is 5. The third-order valence-electron chi connectivity index (χ3n) is 8.04. The predicted molar refractivity (Wildman–Crippen MR) is 145 cm³/mol. The molecule has 2 aromatic rings. The fourth-order valence-corrected chi connectivity index (χ4v) is 8.72. The summed E-state index contributed by atoms with van der Waals surface area (Å²) in [6.45, 7) is 3.98. The monoisotopic (exact) mass is 541 g/mol. The highest BCUT2D eigenvalue weighted by Gasteiger charge is 2.74. The summed E-state index contributed by atoms with van der Waals surface area (Å²) in [5.41, 5.74) is 1.46. The van der Waals surface area contributed by atoms with E-state index in [1.54, 1.807) is 40.9 Å². The molecule has 3 fully saturated rings. The molecule has 9 heteroatoms. The van der Waals surface area contributed by atoms with Crippen molar-refractivity contribution < 1.29 is 19.5 Å². The minimum Gasteiger partial charge on any atom is -0.394 e. The van der Waals surface area contributed by atoms with Crippen LogP contribution in [-0.4, -0.2) is 56.4 Å². The number of halogens is 1. The van der Waals surface area contributed by atoms with E-state index in [1.165, 1.54) is 0 Å². The Morgan fingerprint density at radius 2 is 1.84 bits per heavy atom. The van der Waals surface area contributed by atoms with Crippen LogP contribution >= 0.6 is 23.4 Å². The number of carbonyl (C=O) groups is 3. The van der Waals surface area contributed by atoms with Gasteiger partial charge in [0.2, 0.25) is 17.7 Å². The second-order valence-electron chi connectivity index (χ2n) is 10.5. The van der Waals surface area contributed by atoms with Crippen LogP contribution in [0.25, 0.3) is 0 Å². The lowest BCUT2D eigenvalue weighted by Crippen LogP contribution is -2.56. The van der Waals surface area contributed by atoms with Gasteiger partial charge in [-0.05, 0) is 36.5 Å². The third kappa shape index (κ3) is 4.43. The van der Waals surface area contributed by atoms with Crippen molar-refractivity contribution >= 4 is 46.8 Å². The Morgan fingerprint density at radius 1 is 1.14 bits per heavy atom. The number of carbonyl (C=O) groups excluding carboxylic acids is 3. The van der Waals surface area contributed by atoms with E-state index in [0.717, 1.165) is 12.0 Å². The number of para-hydroxylation sites is 1. The molecule has 3 saturated heterocycles. The quantitative estimate of drug-likeness (QED) is 0.473. The summed E-state index contributed by atoms with van der Waals surface area (Å²) < 4.78 is -0.732. The first-order chi connectivity index (χ1) is 17.8. The Balaban J connectivity index is 1.48. The van der Waals surface area contributed by atoms with Gasteiger partial charge in [-0.25, -0.2) is 0 Å². The van der Waals surface area contributed by atoms with E-state index in [4.69, 9.17) is 11.6 Å². The fraction of sp³-hybridized carbons (Fsp3) is 0.464. The molecule has 0 aliphatic carbocycles. The van der Waals surface area contributed by atoms with E-state index in [2.05, 4.69) is 10.6 Å². The van der Waals surface area contributed by atoms with Gasteiger partial charge in [-0.3, -0.25) is 14.4 Å². The number of benzene rings is 2. The van der Waals surface area contributed by atoms with E-state index in [9.17, 15) is 19.5 Å². The van der Waals surface area contributed by atoms with Crippen molar-refractivity contribution in [2.75, 3.05) is 11.9 Å². The molecule has 2 unspecified atom stereocenters. The average Bonchev–Trinajstić information content (AvgIpc) is 3.52. The minimum absolute atomic E-state index is 0.0332. The standard InChI is InChI=1S/C28H32ClN3O4S/c1-16(2)20(15-33)32-24(26(35)31-19-11-7-6-10-18(19)29)28-13-12-21(37-28)22(23(28)27(32)36)25(34)30-14-17-8-4-3-5-9-17/h3-11,16,20-24,33H,12-15H2,1-2H3,(H,30,34)(H,31,35)/t20-,21+,22-,23-,24?,28?/m0/s1.